The topological polar surface area (TPSA) is 53.1 Å². The zero-order valence-corrected chi connectivity index (χ0v) is 11.9. The maximum atomic E-state index is 13.0. The van der Waals surface area contributed by atoms with Crippen molar-refractivity contribution in [2.75, 3.05) is 6.54 Å². The Labute approximate surface area is 124 Å². The molecule has 4 nitrogen and oxygen atoms in total. The minimum absolute atomic E-state index is 0.00930. The summed E-state index contributed by atoms with van der Waals surface area (Å²) < 4.78 is 45.5. The summed E-state index contributed by atoms with van der Waals surface area (Å²) in [4.78, 5) is 0. The van der Waals surface area contributed by atoms with Gasteiger partial charge in [0.05, 0.1) is 0 Å². The Bertz CT molecular complexity index is 640. The minimum atomic E-state index is -4.56. The van der Waals surface area contributed by atoms with Crippen LogP contribution in [0.1, 0.15) is 11.3 Å². The predicted molar refractivity (Wildman–Crippen MR) is 72.5 cm³/mol. The van der Waals surface area contributed by atoms with Gasteiger partial charge in [0.15, 0.2) is 5.69 Å². The van der Waals surface area contributed by atoms with Crippen LogP contribution in [0.4, 0.5) is 13.2 Å². The van der Waals surface area contributed by atoms with Gasteiger partial charge in [-0.1, -0.05) is 17.7 Å². The summed E-state index contributed by atoms with van der Waals surface area (Å²) in [6, 6.07) is 6.38. The predicted octanol–water partition coefficient (Wildman–Crippen LogP) is 3.39. The zero-order valence-electron chi connectivity index (χ0n) is 11.1. The molecule has 1 aromatic carbocycles. The molecule has 2 rings (SSSR count). The molecule has 0 amide bonds. The SMILES string of the molecule is Cn1nc(C(F)(F)F)c(CCN)c1Oc1cccc(Cl)c1. The highest BCUT2D eigenvalue weighted by molar-refractivity contribution is 6.30. The summed E-state index contributed by atoms with van der Waals surface area (Å²) in [6.07, 6.45) is -4.54. The van der Waals surface area contributed by atoms with Gasteiger partial charge in [0, 0.05) is 17.6 Å². The van der Waals surface area contributed by atoms with Crippen molar-refractivity contribution < 1.29 is 17.9 Å². The van der Waals surface area contributed by atoms with E-state index in [2.05, 4.69) is 5.10 Å². The van der Waals surface area contributed by atoms with E-state index in [-0.39, 0.29) is 24.4 Å². The molecule has 2 aromatic rings. The number of nitrogens with zero attached hydrogens (tertiary/aromatic N) is 2. The first-order valence-corrected chi connectivity index (χ1v) is 6.47. The van der Waals surface area contributed by atoms with E-state index in [1.54, 1.807) is 18.2 Å². The van der Waals surface area contributed by atoms with E-state index < -0.39 is 11.9 Å². The van der Waals surface area contributed by atoms with Gasteiger partial charge in [-0.15, -0.1) is 0 Å². The van der Waals surface area contributed by atoms with Crippen molar-refractivity contribution in [1.82, 2.24) is 9.78 Å². The molecule has 0 aliphatic rings. The van der Waals surface area contributed by atoms with Crippen LogP contribution in [-0.4, -0.2) is 16.3 Å². The third kappa shape index (κ3) is 3.48. The van der Waals surface area contributed by atoms with Crippen LogP contribution in [-0.2, 0) is 19.6 Å². The fraction of sp³-hybridized carbons (Fsp3) is 0.308. The Hall–Kier alpha value is -1.73. The molecule has 0 unspecified atom stereocenters. The number of aryl methyl sites for hydroxylation is 1. The van der Waals surface area contributed by atoms with Crippen molar-refractivity contribution in [1.29, 1.82) is 0 Å². The van der Waals surface area contributed by atoms with Gasteiger partial charge < -0.3 is 10.5 Å². The number of hydrogen-bond donors (Lipinski definition) is 1. The van der Waals surface area contributed by atoms with Gasteiger partial charge in [-0.3, -0.25) is 0 Å². The number of alkyl halides is 3. The lowest BCUT2D eigenvalue weighted by Crippen LogP contribution is -2.12. The molecule has 0 saturated heterocycles. The van der Waals surface area contributed by atoms with E-state index in [0.29, 0.717) is 10.8 Å². The number of halogens is 4. The smallest absolute Gasteiger partial charge is 0.435 e. The molecule has 2 N–H and O–H groups in total. The third-order valence-corrected chi connectivity index (χ3v) is 3.00. The number of nitrogens with two attached hydrogens (primary N) is 1. The highest BCUT2D eigenvalue weighted by atomic mass is 35.5. The second kappa shape index (κ2) is 5.95. The first-order valence-electron chi connectivity index (χ1n) is 6.09. The lowest BCUT2D eigenvalue weighted by atomic mass is 10.1. The molecule has 0 bridgehead atoms. The Kier molecular flexibility index (Phi) is 4.43. The molecule has 0 saturated carbocycles. The molecule has 1 aromatic heterocycles. The van der Waals surface area contributed by atoms with Crippen LogP contribution < -0.4 is 10.5 Å². The second-order valence-corrected chi connectivity index (χ2v) is 4.79. The van der Waals surface area contributed by atoms with Gasteiger partial charge in [0.1, 0.15) is 5.75 Å². The van der Waals surface area contributed by atoms with Crippen LogP contribution in [0.15, 0.2) is 24.3 Å². The van der Waals surface area contributed by atoms with E-state index in [9.17, 15) is 13.2 Å². The summed E-state index contributed by atoms with van der Waals surface area (Å²) in [6.45, 7) is 0.0562. The van der Waals surface area contributed by atoms with Crippen LogP contribution >= 0.6 is 11.6 Å². The molecule has 1 heterocycles. The summed E-state index contributed by atoms with van der Waals surface area (Å²) in [5.41, 5.74) is 4.35. The van der Waals surface area contributed by atoms with Crippen molar-refractivity contribution in [3.8, 4) is 11.6 Å². The van der Waals surface area contributed by atoms with Crippen LogP contribution in [0.25, 0.3) is 0 Å². The minimum Gasteiger partial charge on any atom is -0.439 e. The van der Waals surface area contributed by atoms with E-state index in [1.807, 2.05) is 0 Å². The summed E-state index contributed by atoms with van der Waals surface area (Å²) in [5, 5.41) is 3.92. The third-order valence-electron chi connectivity index (χ3n) is 2.76. The van der Waals surface area contributed by atoms with Crippen LogP contribution in [0, 0.1) is 0 Å². The molecule has 0 aliphatic carbocycles. The Morgan fingerprint density at radius 2 is 2.10 bits per heavy atom. The quantitative estimate of drug-likeness (QED) is 0.940. The summed E-state index contributed by atoms with van der Waals surface area (Å²) in [5.74, 6) is 0.340. The molecule has 0 atom stereocenters. The molecule has 21 heavy (non-hydrogen) atoms. The summed E-state index contributed by atoms with van der Waals surface area (Å²) in [7, 11) is 1.38. The maximum Gasteiger partial charge on any atom is 0.435 e. The van der Waals surface area contributed by atoms with Gasteiger partial charge in [0.25, 0.3) is 0 Å². The molecular formula is C13H13ClF3N3O. The monoisotopic (exact) mass is 319 g/mol. The number of hydrogen-bond acceptors (Lipinski definition) is 3. The summed E-state index contributed by atoms with van der Waals surface area (Å²) >= 11 is 5.83. The van der Waals surface area contributed by atoms with E-state index in [4.69, 9.17) is 22.1 Å². The van der Waals surface area contributed by atoms with Gasteiger partial charge in [-0.2, -0.15) is 18.3 Å². The fourth-order valence-electron chi connectivity index (χ4n) is 1.92. The number of rotatable bonds is 4. The molecule has 0 aliphatic heterocycles. The van der Waals surface area contributed by atoms with Gasteiger partial charge >= 0.3 is 6.18 Å². The van der Waals surface area contributed by atoms with Crippen LogP contribution in [0.3, 0.4) is 0 Å². The standard InChI is InChI=1S/C13H13ClF3N3O/c1-20-12(21-9-4-2-3-8(14)7-9)10(5-6-18)11(19-20)13(15,16)17/h2-4,7H,5-6,18H2,1H3. The number of ether oxygens (including phenoxy) is 1. The second-order valence-electron chi connectivity index (χ2n) is 4.35. The van der Waals surface area contributed by atoms with E-state index in [1.165, 1.54) is 13.1 Å². The van der Waals surface area contributed by atoms with Crippen LogP contribution in [0.5, 0.6) is 11.6 Å². The van der Waals surface area contributed by atoms with Gasteiger partial charge in [-0.05, 0) is 31.2 Å². The first kappa shape index (κ1) is 15.7. The van der Waals surface area contributed by atoms with Crippen molar-refractivity contribution >= 4 is 11.6 Å². The number of benzene rings is 1. The van der Waals surface area contributed by atoms with Crippen molar-refractivity contribution in [2.45, 2.75) is 12.6 Å². The largest absolute Gasteiger partial charge is 0.439 e. The van der Waals surface area contributed by atoms with E-state index >= 15 is 0 Å². The highest BCUT2D eigenvalue weighted by Gasteiger charge is 2.39. The molecule has 0 radical (unpaired) electrons. The molecule has 0 spiro atoms. The lowest BCUT2D eigenvalue weighted by molar-refractivity contribution is -0.142. The number of aromatic nitrogens is 2. The Morgan fingerprint density at radius 3 is 2.67 bits per heavy atom. The lowest BCUT2D eigenvalue weighted by Gasteiger charge is -2.09. The highest BCUT2D eigenvalue weighted by Crippen LogP contribution is 2.37. The molecule has 8 heteroatoms. The van der Waals surface area contributed by atoms with Crippen molar-refractivity contribution in [3.05, 3.63) is 40.5 Å². The van der Waals surface area contributed by atoms with E-state index in [0.717, 1.165) is 4.68 Å². The van der Waals surface area contributed by atoms with Gasteiger partial charge in [-0.25, -0.2) is 4.68 Å². The molecular weight excluding hydrogens is 307 g/mol. The molecule has 0 fully saturated rings. The van der Waals surface area contributed by atoms with Crippen molar-refractivity contribution in [2.24, 2.45) is 12.8 Å². The average molecular weight is 320 g/mol. The average Bonchev–Trinajstić information content (AvgIpc) is 2.68. The fourth-order valence-corrected chi connectivity index (χ4v) is 2.10. The van der Waals surface area contributed by atoms with Crippen molar-refractivity contribution in [3.63, 3.8) is 0 Å². The Morgan fingerprint density at radius 1 is 1.38 bits per heavy atom. The molecule has 114 valence electrons. The Balaban J connectivity index is 2.45. The first-order chi connectivity index (χ1) is 9.82. The normalized spacial score (nSPS) is 11.7. The maximum absolute atomic E-state index is 13.0. The van der Waals surface area contributed by atoms with Crippen LogP contribution in [0.2, 0.25) is 5.02 Å². The zero-order chi connectivity index (χ0) is 15.6. The van der Waals surface area contributed by atoms with Gasteiger partial charge in [0.2, 0.25) is 5.88 Å².